The molecule has 0 aromatic heterocycles. The molecule has 0 radical (unpaired) electrons. The van der Waals surface area contributed by atoms with Crippen molar-refractivity contribution in [2.45, 2.75) is 31.7 Å². The monoisotopic (exact) mass is 339 g/mol. The minimum atomic E-state index is -0.961. The van der Waals surface area contributed by atoms with Gasteiger partial charge in [0.2, 0.25) is 5.44 Å². The molecule has 1 heterocycles. The Kier molecular flexibility index (Phi) is 4.79. The first kappa shape index (κ1) is 17.1. The van der Waals surface area contributed by atoms with Gasteiger partial charge < -0.3 is 10.1 Å². The zero-order chi connectivity index (χ0) is 17.2. The molecule has 1 unspecified atom stereocenters. The highest BCUT2D eigenvalue weighted by molar-refractivity contribution is 8.01. The SMILES string of the molecule is CC(C)(C)NC(=O)OC1SCN(c2cccc([N+](=O)[O-])c2)C1=O. The van der Waals surface area contributed by atoms with Crippen molar-refractivity contribution in [1.82, 2.24) is 5.32 Å². The van der Waals surface area contributed by atoms with Crippen LogP contribution in [0.5, 0.6) is 0 Å². The Morgan fingerprint density at radius 3 is 2.78 bits per heavy atom. The van der Waals surface area contributed by atoms with Gasteiger partial charge in [-0.25, -0.2) is 4.79 Å². The number of benzene rings is 1. The number of nitrogens with one attached hydrogen (secondary N) is 1. The number of anilines is 1. The molecule has 2 amide bonds. The van der Waals surface area contributed by atoms with E-state index in [4.69, 9.17) is 4.74 Å². The molecule has 124 valence electrons. The maximum Gasteiger partial charge on any atom is 0.409 e. The molecule has 8 nitrogen and oxygen atoms in total. The van der Waals surface area contributed by atoms with Crippen LogP contribution in [0.15, 0.2) is 24.3 Å². The lowest BCUT2D eigenvalue weighted by Crippen LogP contribution is -2.43. The number of hydrogen-bond donors (Lipinski definition) is 1. The fourth-order valence-corrected chi connectivity index (χ4v) is 2.88. The number of nitro benzene ring substituents is 1. The molecule has 23 heavy (non-hydrogen) atoms. The fraction of sp³-hybridized carbons (Fsp3) is 0.429. The predicted octanol–water partition coefficient (Wildman–Crippen LogP) is 2.48. The summed E-state index contributed by atoms with van der Waals surface area (Å²) in [5.74, 6) is -0.160. The summed E-state index contributed by atoms with van der Waals surface area (Å²) in [5.41, 5.74) is -1.13. The summed E-state index contributed by atoms with van der Waals surface area (Å²) in [4.78, 5) is 35.7. The van der Waals surface area contributed by atoms with Gasteiger partial charge in [-0.1, -0.05) is 17.8 Å². The average Bonchev–Trinajstić information content (AvgIpc) is 2.78. The smallest absolute Gasteiger partial charge is 0.409 e. The summed E-state index contributed by atoms with van der Waals surface area (Å²) in [7, 11) is 0. The predicted molar refractivity (Wildman–Crippen MR) is 86.2 cm³/mol. The van der Waals surface area contributed by atoms with Crippen molar-refractivity contribution in [3.8, 4) is 0 Å². The van der Waals surface area contributed by atoms with Gasteiger partial charge in [0.05, 0.1) is 16.5 Å². The Labute approximate surface area is 137 Å². The fourth-order valence-electron chi connectivity index (χ4n) is 1.90. The van der Waals surface area contributed by atoms with Gasteiger partial charge in [-0.15, -0.1) is 0 Å². The molecule has 1 saturated heterocycles. The molecule has 9 heteroatoms. The second kappa shape index (κ2) is 6.45. The highest BCUT2D eigenvalue weighted by atomic mass is 32.2. The minimum absolute atomic E-state index is 0.102. The van der Waals surface area contributed by atoms with Crippen molar-refractivity contribution in [3.05, 3.63) is 34.4 Å². The van der Waals surface area contributed by atoms with Crippen LogP contribution >= 0.6 is 11.8 Å². The van der Waals surface area contributed by atoms with Crippen molar-refractivity contribution in [2.75, 3.05) is 10.8 Å². The van der Waals surface area contributed by atoms with Gasteiger partial charge in [-0.3, -0.25) is 19.8 Å². The van der Waals surface area contributed by atoms with Crippen molar-refractivity contribution in [3.63, 3.8) is 0 Å². The third-order valence-corrected chi connectivity index (χ3v) is 3.87. The van der Waals surface area contributed by atoms with Crippen LogP contribution in [0.2, 0.25) is 0 Å². The number of ether oxygens (including phenoxy) is 1. The lowest BCUT2D eigenvalue weighted by atomic mass is 10.1. The second-order valence-electron chi connectivity index (χ2n) is 5.95. The maximum absolute atomic E-state index is 12.3. The van der Waals surface area contributed by atoms with Crippen LogP contribution < -0.4 is 10.2 Å². The van der Waals surface area contributed by atoms with E-state index in [0.29, 0.717) is 5.69 Å². The average molecular weight is 339 g/mol. The first-order chi connectivity index (χ1) is 10.7. The highest BCUT2D eigenvalue weighted by Crippen LogP contribution is 2.31. The molecular formula is C14H17N3O5S. The van der Waals surface area contributed by atoms with Gasteiger partial charge in [0, 0.05) is 17.7 Å². The van der Waals surface area contributed by atoms with E-state index >= 15 is 0 Å². The van der Waals surface area contributed by atoms with Crippen molar-refractivity contribution < 1.29 is 19.2 Å². The van der Waals surface area contributed by atoms with Gasteiger partial charge in [0.15, 0.2) is 0 Å². The Hall–Kier alpha value is -2.29. The van der Waals surface area contributed by atoms with Gasteiger partial charge >= 0.3 is 6.09 Å². The number of nitrogens with zero attached hydrogens (tertiary/aromatic N) is 2. The van der Waals surface area contributed by atoms with Gasteiger partial charge in [0.1, 0.15) is 0 Å². The molecule has 0 aliphatic carbocycles. The Bertz CT molecular complexity index is 644. The number of carbonyl (C=O) groups is 2. The molecule has 0 saturated carbocycles. The molecule has 1 atom stereocenters. The largest absolute Gasteiger partial charge is 0.425 e. The standard InChI is InChI=1S/C14H17N3O5S/c1-14(2,3)15-13(19)22-12-11(18)16(8-23-12)9-5-4-6-10(7-9)17(20)21/h4-7,12H,8H2,1-3H3,(H,15,19). The molecule has 1 fully saturated rings. The molecule has 1 aromatic rings. The molecular weight excluding hydrogens is 322 g/mol. The summed E-state index contributed by atoms with van der Waals surface area (Å²) in [6.45, 7) is 5.40. The first-order valence-electron chi connectivity index (χ1n) is 6.83. The summed E-state index contributed by atoms with van der Waals surface area (Å²) in [6.07, 6.45) is -0.677. The van der Waals surface area contributed by atoms with Crippen LogP contribution in [0.3, 0.4) is 0 Å². The lowest BCUT2D eigenvalue weighted by molar-refractivity contribution is -0.384. The Morgan fingerprint density at radius 1 is 1.48 bits per heavy atom. The summed E-state index contributed by atoms with van der Waals surface area (Å²) >= 11 is 1.15. The van der Waals surface area contributed by atoms with Gasteiger partial charge in [0.25, 0.3) is 11.6 Å². The molecule has 2 rings (SSSR count). The number of alkyl carbamates (subject to hydrolysis) is 1. The molecule has 0 spiro atoms. The van der Waals surface area contributed by atoms with Gasteiger partial charge in [-0.2, -0.15) is 0 Å². The summed E-state index contributed by atoms with van der Waals surface area (Å²) in [6, 6.07) is 5.77. The maximum atomic E-state index is 12.3. The molecule has 1 aromatic carbocycles. The van der Waals surface area contributed by atoms with E-state index in [1.54, 1.807) is 26.8 Å². The van der Waals surface area contributed by atoms with Crippen LogP contribution in [0.25, 0.3) is 0 Å². The quantitative estimate of drug-likeness (QED) is 0.670. The number of amides is 2. The Morgan fingerprint density at radius 2 is 2.17 bits per heavy atom. The second-order valence-corrected chi connectivity index (χ2v) is 6.97. The molecule has 1 N–H and O–H groups in total. The zero-order valence-corrected chi connectivity index (χ0v) is 13.8. The van der Waals surface area contributed by atoms with Crippen LogP contribution in [-0.2, 0) is 9.53 Å². The number of hydrogen-bond acceptors (Lipinski definition) is 6. The molecule has 1 aliphatic heterocycles. The summed E-state index contributed by atoms with van der Waals surface area (Å²) < 4.78 is 5.12. The third-order valence-electron chi connectivity index (χ3n) is 2.87. The third kappa shape index (κ3) is 4.35. The lowest BCUT2D eigenvalue weighted by Gasteiger charge is -2.21. The van der Waals surface area contributed by atoms with Crippen molar-refractivity contribution in [2.24, 2.45) is 0 Å². The van der Waals surface area contributed by atoms with Crippen LogP contribution in [0, 0.1) is 10.1 Å². The molecule has 1 aliphatic rings. The van der Waals surface area contributed by atoms with Crippen molar-refractivity contribution in [1.29, 1.82) is 0 Å². The Balaban J connectivity index is 2.06. The van der Waals surface area contributed by atoms with E-state index in [1.165, 1.54) is 23.1 Å². The highest BCUT2D eigenvalue weighted by Gasteiger charge is 2.37. The van der Waals surface area contributed by atoms with E-state index in [-0.39, 0.29) is 11.6 Å². The number of non-ortho nitro benzene ring substituents is 1. The van der Waals surface area contributed by atoms with E-state index in [0.717, 1.165) is 11.8 Å². The van der Waals surface area contributed by atoms with E-state index < -0.39 is 27.9 Å². The van der Waals surface area contributed by atoms with Crippen LogP contribution in [0.1, 0.15) is 20.8 Å². The number of nitro groups is 1. The van der Waals surface area contributed by atoms with E-state index in [1.807, 2.05) is 0 Å². The first-order valence-corrected chi connectivity index (χ1v) is 7.88. The van der Waals surface area contributed by atoms with Crippen LogP contribution in [-0.4, -0.2) is 33.8 Å². The topological polar surface area (TPSA) is 102 Å². The molecule has 0 bridgehead atoms. The summed E-state index contributed by atoms with van der Waals surface area (Å²) in [5, 5.41) is 13.4. The van der Waals surface area contributed by atoms with E-state index in [2.05, 4.69) is 5.32 Å². The van der Waals surface area contributed by atoms with Crippen molar-refractivity contribution >= 4 is 35.1 Å². The number of thioether (sulfide) groups is 1. The minimum Gasteiger partial charge on any atom is -0.425 e. The normalized spacial score (nSPS) is 18.0. The zero-order valence-electron chi connectivity index (χ0n) is 12.9. The van der Waals surface area contributed by atoms with Gasteiger partial charge in [-0.05, 0) is 26.8 Å². The number of carbonyl (C=O) groups excluding carboxylic acids is 2. The number of rotatable bonds is 3. The van der Waals surface area contributed by atoms with Crippen LogP contribution in [0.4, 0.5) is 16.2 Å². The van der Waals surface area contributed by atoms with E-state index in [9.17, 15) is 19.7 Å².